The zero-order valence-electron chi connectivity index (χ0n) is 11.4. The first-order valence-electron chi connectivity index (χ1n) is 7.16. The van der Waals surface area contributed by atoms with Gasteiger partial charge in [0, 0.05) is 35.7 Å². The van der Waals surface area contributed by atoms with Crippen LogP contribution in [0.5, 0.6) is 0 Å². The first-order valence-corrected chi connectivity index (χ1v) is 7.97. The van der Waals surface area contributed by atoms with Gasteiger partial charge in [0.1, 0.15) is 0 Å². The van der Waals surface area contributed by atoms with Crippen LogP contribution in [0.15, 0.2) is 6.20 Å². The fraction of sp³-hybridized carbons (Fsp3) is 0.786. The summed E-state index contributed by atoms with van der Waals surface area (Å²) in [6.45, 7) is 6.63. The molecule has 3 heterocycles. The summed E-state index contributed by atoms with van der Waals surface area (Å²) >= 11 is 1.84. The summed E-state index contributed by atoms with van der Waals surface area (Å²) in [5.74, 6) is 0. The van der Waals surface area contributed by atoms with Gasteiger partial charge < -0.3 is 5.32 Å². The van der Waals surface area contributed by atoms with Gasteiger partial charge in [-0.05, 0) is 39.2 Å². The summed E-state index contributed by atoms with van der Waals surface area (Å²) in [7, 11) is 0. The number of nitrogens with one attached hydrogen (secondary N) is 1. The van der Waals surface area contributed by atoms with E-state index in [0.717, 1.165) is 31.2 Å². The number of rotatable bonds is 4. The maximum absolute atomic E-state index is 4.37. The molecule has 2 bridgehead atoms. The van der Waals surface area contributed by atoms with E-state index in [2.05, 4.69) is 35.2 Å². The van der Waals surface area contributed by atoms with E-state index in [-0.39, 0.29) is 0 Å². The van der Waals surface area contributed by atoms with Crippen molar-refractivity contribution in [1.29, 1.82) is 0 Å². The third-order valence-corrected chi connectivity index (χ3v) is 5.30. The Bertz CT molecular complexity index is 391. The average Bonchev–Trinajstić information content (AvgIpc) is 2.92. The van der Waals surface area contributed by atoms with E-state index >= 15 is 0 Å². The van der Waals surface area contributed by atoms with Crippen LogP contribution in [0.1, 0.15) is 42.5 Å². The second-order valence-corrected chi connectivity index (χ2v) is 6.99. The molecule has 0 spiro atoms. The van der Waals surface area contributed by atoms with Crippen LogP contribution in [0.4, 0.5) is 0 Å². The van der Waals surface area contributed by atoms with Gasteiger partial charge in [0.15, 0.2) is 0 Å². The standard InChI is InChI=1S/C14H23N3S/c1-3-17(9-14-8-15-10(2)18-14)13-6-11-4-5-12(7-13)16-11/h8,11-13,16H,3-7,9H2,1-2H3. The van der Waals surface area contributed by atoms with Gasteiger partial charge in [-0.15, -0.1) is 11.3 Å². The third kappa shape index (κ3) is 2.60. The number of aryl methyl sites for hydroxylation is 1. The lowest BCUT2D eigenvalue weighted by Crippen LogP contribution is -2.47. The molecular weight excluding hydrogens is 242 g/mol. The van der Waals surface area contributed by atoms with Crippen LogP contribution in [0.3, 0.4) is 0 Å². The molecule has 2 aliphatic rings. The number of thiazole rings is 1. The molecule has 4 heteroatoms. The van der Waals surface area contributed by atoms with Crippen molar-refractivity contribution in [2.24, 2.45) is 0 Å². The summed E-state index contributed by atoms with van der Waals surface area (Å²) in [5, 5.41) is 4.92. The molecular formula is C14H23N3S. The van der Waals surface area contributed by atoms with Crippen LogP contribution in [-0.4, -0.2) is 34.6 Å². The van der Waals surface area contributed by atoms with Gasteiger partial charge in [-0.1, -0.05) is 6.92 Å². The molecule has 0 aliphatic carbocycles. The van der Waals surface area contributed by atoms with Gasteiger partial charge in [0.25, 0.3) is 0 Å². The second kappa shape index (κ2) is 5.27. The van der Waals surface area contributed by atoms with Crippen molar-refractivity contribution in [3.05, 3.63) is 16.1 Å². The monoisotopic (exact) mass is 265 g/mol. The number of fused-ring (bicyclic) bond motifs is 2. The fourth-order valence-electron chi connectivity index (χ4n) is 3.50. The predicted molar refractivity (Wildman–Crippen MR) is 75.9 cm³/mol. The van der Waals surface area contributed by atoms with Gasteiger partial charge in [0.2, 0.25) is 0 Å². The van der Waals surface area contributed by atoms with Crippen molar-refractivity contribution in [1.82, 2.24) is 15.2 Å². The molecule has 18 heavy (non-hydrogen) atoms. The van der Waals surface area contributed by atoms with Crippen molar-refractivity contribution < 1.29 is 0 Å². The Balaban J connectivity index is 1.65. The van der Waals surface area contributed by atoms with Gasteiger partial charge in [-0.2, -0.15) is 0 Å². The normalized spacial score (nSPS) is 31.2. The third-order valence-electron chi connectivity index (χ3n) is 4.40. The summed E-state index contributed by atoms with van der Waals surface area (Å²) in [5.41, 5.74) is 0. The van der Waals surface area contributed by atoms with Crippen LogP contribution < -0.4 is 5.32 Å². The van der Waals surface area contributed by atoms with Gasteiger partial charge in [-0.3, -0.25) is 4.90 Å². The summed E-state index contributed by atoms with van der Waals surface area (Å²) in [6, 6.07) is 2.34. The van der Waals surface area contributed by atoms with Crippen LogP contribution in [0, 0.1) is 6.92 Å². The van der Waals surface area contributed by atoms with Crippen molar-refractivity contribution in [3.63, 3.8) is 0 Å². The van der Waals surface area contributed by atoms with Gasteiger partial charge in [0.05, 0.1) is 5.01 Å². The van der Waals surface area contributed by atoms with Crippen LogP contribution in [0.25, 0.3) is 0 Å². The van der Waals surface area contributed by atoms with Crippen molar-refractivity contribution >= 4 is 11.3 Å². The van der Waals surface area contributed by atoms with E-state index in [9.17, 15) is 0 Å². The molecule has 2 saturated heterocycles. The lowest BCUT2D eigenvalue weighted by Gasteiger charge is -2.37. The molecule has 0 amide bonds. The Labute approximate surface area is 114 Å². The summed E-state index contributed by atoms with van der Waals surface area (Å²) in [4.78, 5) is 8.44. The van der Waals surface area contributed by atoms with Crippen molar-refractivity contribution in [3.8, 4) is 0 Å². The zero-order chi connectivity index (χ0) is 12.5. The van der Waals surface area contributed by atoms with E-state index in [1.165, 1.54) is 35.6 Å². The SMILES string of the molecule is CCN(Cc1cnc(C)s1)C1CC2CCC(C1)N2. The molecule has 2 atom stereocenters. The number of hydrogen-bond donors (Lipinski definition) is 1. The lowest BCUT2D eigenvalue weighted by molar-refractivity contribution is 0.142. The summed E-state index contributed by atoms with van der Waals surface area (Å²) < 4.78 is 0. The van der Waals surface area contributed by atoms with E-state index in [1.807, 2.05) is 11.3 Å². The van der Waals surface area contributed by atoms with E-state index in [1.54, 1.807) is 0 Å². The molecule has 2 aliphatic heterocycles. The molecule has 0 radical (unpaired) electrons. The first kappa shape index (κ1) is 12.6. The molecule has 2 fully saturated rings. The Morgan fingerprint density at radius 1 is 1.39 bits per heavy atom. The molecule has 1 aromatic heterocycles. The predicted octanol–water partition coefficient (Wildman–Crippen LogP) is 2.56. The molecule has 3 nitrogen and oxygen atoms in total. The maximum Gasteiger partial charge on any atom is 0.0897 e. The number of aromatic nitrogens is 1. The fourth-order valence-corrected chi connectivity index (χ4v) is 4.32. The Morgan fingerprint density at radius 3 is 2.67 bits per heavy atom. The second-order valence-electron chi connectivity index (χ2n) is 5.67. The summed E-state index contributed by atoms with van der Waals surface area (Å²) in [6.07, 6.45) is 7.50. The minimum Gasteiger partial charge on any atom is -0.311 e. The highest BCUT2D eigenvalue weighted by Gasteiger charge is 2.35. The van der Waals surface area contributed by atoms with Gasteiger partial charge >= 0.3 is 0 Å². The molecule has 100 valence electrons. The Morgan fingerprint density at radius 2 is 2.11 bits per heavy atom. The highest BCUT2D eigenvalue weighted by molar-refractivity contribution is 7.11. The first-order chi connectivity index (χ1) is 8.74. The molecule has 3 rings (SSSR count). The maximum atomic E-state index is 4.37. The zero-order valence-corrected chi connectivity index (χ0v) is 12.2. The molecule has 0 saturated carbocycles. The quantitative estimate of drug-likeness (QED) is 0.907. The highest BCUT2D eigenvalue weighted by atomic mass is 32.1. The minimum absolute atomic E-state index is 0.774. The minimum atomic E-state index is 0.774. The van der Waals surface area contributed by atoms with Crippen molar-refractivity contribution in [2.45, 2.75) is 64.2 Å². The number of piperidine rings is 1. The van der Waals surface area contributed by atoms with Crippen molar-refractivity contribution in [2.75, 3.05) is 6.54 Å². The molecule has 1 N–H and O–H groups in total. The Hall–Kier alpha value is -0.450. The van der Waals surface area contributed by atoms with Crippen LogP contribution >= 0.6 is 11.3 Å². The van der Waals surface area contributed by atoms with Crippen LogP contribution in [-0.2, 0) is 6.54 Å². The van der Waals surface area contributed by atoms with Crippen LogP contribution in [0.2, 0.25) is 0 Å². The Kier molecular flexibility index (Phi) is 3.68. The van der Waals surface area contributed by atoms with E-state index < -0.39 is 0 Å². The highest BCUT2D eigenvalue weighted by Crippen LogP contribution is 2.30. The number of nitrogens with zero attached hydrogens (tertiary/aromatic N) is 2. The average molecular weight is 265 g/mol. The van der Waals surface area contributed by atoms with E-state index in [4.69, 9.17) is 0 Å². The molecule has 2 unspecified atom stereocenters. The smallest absolute Gasteiger partial charge is 0.0897 e. The van der Waals surface area contributed by atoms with E-state index in [0.29, 0.717) is 0 Å². The lowest BCUT2D eigenvalue weighted by atomic mass is 9.98. The van der Waals surface area contributed by atoms with Gasteiger partial charge in [-0.25, -0.2) is 4.98 Å². The number of hydrogen-bond acceptors (Lipinski definition) is 4. The molecule has 1 aromatic rings. The topological polar surface area (TPSA) is 28.2 Å². The molecule has 0 aromatic carbocycles. The largest absolute Gasteiger partial charge is 0.311 e.